The third-order valence-electron chi connectivity index (χ3n) is 9.95. The van der Waals surface area contributed by atoms with Crippen molar-refractivity contribution < 1.29 is 41.8 Å². The number of alkyl halides is 3. The fourth-order valence-electron chi connectivity index (χ4n) is 7.50. The average molecular weight is 694 g/mol. The fourth-order valence-corrected chi connectivity index (χ4v) is 7.50. The highest BCUT2D eigenvalue weighted by atomic mass is 19.3. The summed E-state index contributed by atoms with van der Waals surface area (Å²) in [5.74, 6) is -6.17. The Balaban J connectivity index is 1.63. The summed E-state index contributed by atoms with van der Waals surface area (Å²) in [5.41, 5.74) is 0.0306. The number of rotatable bonds is 14. The SMILES string of the molecule is CC(C(=O)N(CC(=O)O)C(F)C(F)F)c1ccc(NC(=O)C(NC(=O)c2ccnn2C(C)C)C(C2CCCCC2)C2CCCCC2)c(F)c1. The molecule has 3 atom stereocenters. The van der Waals surface area contributed by atoms with Crippen LogP contribution in [0, 0.1) is 23.6 Å². The molecule has 3 amide bonds. The van der Waals surface area contributed by atoms with Crippen LogP contribution in [0.3, 0.4) is 0 Å². The van der Waals surface area contributed by atoms with E-state index in [0.717, 1.165) is 70.3 Å². The number of amides is 3. The molecule has 10 nitrogen and oxygen atoms in total. The normalized spacial score (nSPS) is 17.9. The van der Waals surface area contributed by atoms with E-state index in [1.165, 1.54) is 25.3 Å². The zero-order valence-electron chi connectivity index (χ0n) is 28.2. The standard InChI is InChI=1S/C35H47F4N5O5/c1-20(2)44-27(16-17-40-44)33(47)42-30(29(22-10-6-4-7-11-22)23-12-8-5-9-13-23)34(48)41-26-15-14-24(18-25(26)36)21(3)35(49)43(19-28(45)46)32(39)31(37)38/h14-18,20-23,29-32H,4-13,19H2,1-3H3,(H,41,48)(H,42,47)(H,45,46). The van der Waals surface area contributed by atoms with Gasteiger partial charge in [0.1, 0.15) is 24.1 Å². The Morgan fingerprint density at radius 1 is 0.939 bits per heavy atom. The van der Waals surface area contributed by atoms with Crippen molar-refractivity contribution in [3.8, 4) is 0 Å². The minimum absolute atomic E-state index is 0.0357. The lowest BCUT2D eigenvalue weighted by molar-refractivity contribution is -0.155. The van der Waals surface area contributed by atoms with E-state index in [9.17, 15) is 32.3 Å². The van der Waals surface area contributed by atoms with Crippen LogP contribution >= 0.6 is 0 Å². The van der Waals surface area contributed by atoms with Gasteiger partial charge in [-0.05, 0) is 62.3 Å². The molecule has 0 aliphatic heterocycles. The van der Waals surface area contributed by atoms with Gasteiger partial charge in [0.25, 0.3) is 12.3 Å². The Morgan fingerprint density at radius 2 is 1.53 bits per heavy atom. The van der Waals surface area contributed by atoms with E-state index < -0.39 is 60.7 Å². The third kappa shape index (κ3) is 9.39. The molecule has 3 N–H and O–H groups in total. The van der Waals surface area contributed by atoms with Crippen molar-refractivity contribution >= 4 is 29.4 Å². The Morgan fingerprint density at radius 3 is 2.04 bits per heavy atom. The van der Waals surface area contributed by atoms with E-state index in [0.29, 0.717) is 5.69 Å². The van der Waals surface area contributed by atoms with Gasteiger partial charge in [0, 0.05) is 12.2 Å². The number of benzene rings is 1. The molecule has 1 aromatic heterocycles. The molecule has 14 heteroatoms. The monoisotopic (exact) mass is 693 g/mol. The lowest BCUT2D eigenvalue weighted by atomic mass is 9.66. The van der Waals surface area contributed by atoms with Crippen molar-refractivity contribution in [3.05, 3.63) is 47.5 Å². The lowest BCUT2D eigenvalue weighted by Gasteiger charge is -2.42. The molecule has 1 heterocycles. The van der Waals surface area contributed by atoms with Crippen molar-refractivity contribution in [1.29, 1.82) is 0 Å². The first-order valence-corrected chi connectivity index (χ1v) is 17.2. The van der Waals surface area contributed by atoms with Gasteiger partial charge in [0.2, 0.25) is 18.1 Å². The quantitative estimate of drug-likeness (QED) is 0.149. The number of nitrogens with one attached hydrogen (secondary N) is 2. The van der Waals surface area contributed by atoms with Gasteiger partial charge in [0.15, 0.2) is 0 Å². The van der Waals surface area contributed by atoms with E-state index in [2.05, 4.69) is 15.7 Å². The third-order valence-corrected chi connectivity index (χ3v) is 9.95. The van der Waals surface area contributed by atoms with Gasteiger partial charge in [-0.2, -0.15) is 5.10 Å². The van der Waals surface area contributed by atoms with Crippen molar-refractivity contribution in [3.63, 3.8) is 0 Å². The molecule has 2 aromatic rings. The Hall–Kier alpha value is -3.97. The maximum Gasteiger partial charge on any atom is 0.323 e. The van der Waals surface area contributed by atoms with Gasteiger partial charge in [-0.15, -0.1) is 0 Å². The van der Waals surface area contributed by atoms with E-state index in [4.69, 9.17) is 5.11 Å². The number of carboxylic acids is 1. The second kappa shape index (κ2) is 17.1. The predicted molar refractivity (Wildman–Crippen MR) is 174 cm³/mol. The van der Waals surface area contributed by atoms with Gasteiger partial charge in [-0.1, -0.05) is 70.3 Å². The zero-order chi connectivity index (χ0) is 35.8. The molecule has 2 saturated carbocycles. The van der Waals surface area contributed by atoms with Gasteiger partial charge in [0.05, 0.1) is 11.6 Å². The van der Waals surface area contributed by atoms with Gasteiger partial charge >= 0.3 is 5.97 Å². The number of hydrogen-bond donors (Lipinski definition) is 3. The average Bonchev–Trinajstić information content (AvgIpc) is 3.59. The summed E-state index contributed by atoms with van der Waals surface area (Å²) in [6, 6.07) is 3.89. The number of carbonyl (C=O) groups is 4. The highest BCUT2D eigenvalue weighted by Gasteiger charge is 2.42. The van der Waals surface area contributed by atoms with E-state index in [1.807, 2.05) is 13.8 Å². The summed E-state index contributed by atoms with van der Waals surface area (Å²) in [6.45, 7) is 3.69. The topological polar surface area (TPSA) is 134 Å². The molecular weight excluding hydrogens is 646 g/mol. The molecule has 2 aliphatic rings. The molecule has 3 unspecified atom stereocenters. The van der Waals surface area contributed by atoms with E-state index in [1.54, 1.807) is 10.7 Å². The smallest absolute Gasteiger partial charge is 0.323 e. The van der Waals surface area contributed by atoms with Crippen LogP contribution in [0.15, 0.2) is 30.5 Å². The highest BCUT2D eigenvalue weighted by molar-refractivity contribution is 6.01. The number of halogens is 4. The second-order valence-corrected chi connectivity index (χ2v) is 13.6. The largest absolute Gasteiger partial charge is 0.480 e. The first-order valence-electron chi connectivity index (χ1n) is 17.2. The van der Waals surface area contributed by atoms with Crippen molar-refractivity contribution in [2.75, 3.05) is 11.9 Å². The summed E-state index contributed by atoms with van der Waals surface area (Å²) in [6.07, 6.45) is 4.69. The van der Waals surface area contributed by atoms with Crippen LogP contribution in [0.1, 0.15) is 113 Å². The Labute approximate surface area is 284 Å². The predicted octanol–water partition coefficient (Wildman–Crippen LogP) is 6.69. The number of hydrogen-bond acceptors (Lipinski definition) is 5. The summed E-state index contributed by atoms with van der Waals surface area (Å²) in [5, 5.41) is 19.0. The van der Waals surface area contributed by atoms with Crippen LogP contribution in [0.2, 0.25) is 0 Å². The van der Waals surface area contributed by atoms with Crippen molar-refractivity contribution in [2.45, 2.75) is 116 Å². The van der Waals surface area contributed by atoms with E-state index in [-0.39, 0.29) is 39.9 Å². The summed E-state index contributed by atoms with van der Waals surface area (Å²) >= 11 is 0. The van der Waals surface area contributed by atoms with Crippen LogP contribution in [0.25, 0.3) is 0 Å². The minimum Gasteiger partial charge on any atom is -0.480 e. The maximum absolute atomic E-state index is 15.6. The Bertz CT molecular complexity index is 1440. The number of carboxylic acid groups (broad SMARTS) is 1. The van der Waals surface area contributed by atoms with Crippen LogP contribution in [0.5, 0.6) is 0 Å². The zero-order valence-corrected chi connectivity index (χ0v) is 28.2. The molecule has 270 valence electrons. The first-order chi connectivity index (χ1) is 23.3. The number of nitrogens with zero attached hydrogens (tertiary/aromatic N) is 3. The van der Waals surface area contributed by atoms with E-state index >= 15 is 4.39 Å². The molecule has 0 radical (unpaired) electrons. The van der Waals surface area contributed by atoms with Crippen LogP contribution in [0.4, 0.5) is 23.2 Å². The molecular formula is C35H47F4N5O5. The van der Waals surface area contributed by atoms with Crippen molar-refractivity contribution in [1.82, 2.24) is 20.0 Å². The molecule has 49 heavy (non-hydrogen) atoms. The van der Waals surface area contributed by atoms with Crippen LogP contribution in [-0.4, -0.2) is 68.8 Å². The van der Waals surface area contributed by atoms with Gasteiger partial charge in [-0.3, -0.25) is 28.8 Å². The van der Waals surface area contributed by atoms with Gasteiger partial charge < -0.3 is 15.7 Å². The molecule has 2 fully saturated rings. The van der Waals surface area contributed by atoms with Gasteiger partial charge in [-0.25, -0.2) is 17.6 Å². The molecule has 2 aliphatic carbocycles. The molecule has 0 saturated heterocycles. The molecule has 1 aromatic carbocycles. The highest BCUT2D eigenvalue weighted by Crippen LogP contribution is 2.42. The van der Waals surface area contributed by atoms with Crippen LogP contribution in [-0.2, 0) is 14.4 Å². The number of aliphatic carboxylic acids is 1. The lowest BCUT2D eigenvalue weighted by Crippen LogP contribution is -2.53. The first kappa shape index (κ1) is 37.8. The minimum atomic E-state index is -3.64. The molecule has 0 bridgehead atoms. The summed E-state index contributed by atoms with van der Waals surface area (Å²) in [4.78, 5) is 51.9. The number of anilines is 1. The van der Waals surface area contributed by atoms with Crippen LogP contribution < -0.4 is 10.6 Å². The van der Waals surface area contributed by atoms with Crippen molar-refractivity contribution in [2.24, 2.45) is 17.8 Å². The number of carbonyl (C=O) groups excluding carboxylic acids is 3. The number of aromatic nitrogens is 2. The molecule has 0 spiro atoms. The summed E-state index contributed by atoms with van der Waals surface area (Å²) < 4.78 is 57.5. The Kier molecular flexibility index (Phi) is 13.2. The fraction of sp³-hybridized carbons (Fsp3) is 0.629. The maximum atomic E-state index is 15.6. The second-order valence-electron chi connectivity index (χ2n) is 13.6. The molecule has 4 rings (SSSR count). The summed E-state index contributed by atoms with van der Waals surface area (Å²) in [7, 11) is 0.